The van der Waals surface area contributed by atoms with Crippen molar-refractivity contribution in [2.45, 2.75) is 18.6 Å². The van der Waals surface area contributed by atoms with E-state index >= 15 is 0 Å². The number of fused-ring (bicyclic) bond motifs is 1. The third-order valence-electron chi connectivity index (χ3n) is 4.43. The Hall–Kier alpha value is -2.73. The van der Waals surface area contributed by atoms with Crippen LogP contribution in [0.1, 0.15) is 28.4 Å². The lowest BCUT2D eigenvalue weighted by Gasteiger charge is -2.25. The lowest BCUT2D eigenvalue weighted by atomic mass is 10.0. The van der Waals surface area contributed by atoms with Crippen molar-refractivity contribution in [3.63, 3.8) is 0 Å². The average molecular weight is 325 g/mol. The van der Waals surface area contributed by atoms with E-state index in [1.54, 1.807) is 46.2 Å². The third-order valence-corrected chi connectivity index (χ3v) is 4.43. The predicted molar refractivity (Wildman–Crippen MR) is 86.0 cm³/mol. The molecule has 0 saturated carbocycles. The number of amides is 1. The van der Waals surface area contributed by atoms with Crippen molar-refractivity contribution in [3.05, 3.63) is 72.1 Å². The fourth-order valence-electron chi connectivity index (χ4n) is 3.28. The van der Waals surface area contributed by atoms with Gasteiger partial charge in [0.1, 0.15) is 5.82 Å². The molecular formula is C18H16FN3O2. The van der Waals surface area contributed by atoms with Gasteiger partial charge in [-0.15, -0.1) is 0 Å². The molecule has 3 aromatic rings. The largest absolute Gasteiger partial charge is 0.391 e. The number of nitrogens with zero attached hydrogens (tertiary/aromatic N) is 3. The van der Waals surface area contributed by atoms with Gasteiger partial charge in [0.25, 0.3) is 5.91 Å². The molecule has 2 aromatic heterocycles. The minimum absolute atomic E-state index is 0.184. The molecule has 1 fully saturated rings. The van der Waals surface area contributed by atoms with Gasteiger partial charge in [-0.1, -0.05) is 12.1 Å². The third kappa shape index (κ3) is 2.55. The number of likely N-dealkylation sites (tertiary alicyclic amines) is 1. The van der Waals surface area contributed by atoms with Crippen LogP contribution >= 0.6 is 0 Å². The maximum Gasteiger partial charge on any atom is 0.255 e. The smallest absolute Gasteiger partial charge is 0.255 e. The SMILES string of the molecule is O=C(c1ccc2cncn2c1)N1CC(O)CC1c1cccc(F)c1. The van der Waals surface area contributed by atoms with Crippen molar-refractivity contribution < 1.29 is 14.3 Å². The summed E-state index contributed by atoms with van der Waals surface area (Å²) >= 11 is 0. The summed E-state index contributed by atoms with van der Waals surface area (Å²) in [6, 6.07) is 9.43. The fourth-order valence-corrected chi connectivity index (χ4v) is 3.28. The van der Waals surface area contributed by atoms with E-state index in [-0.39, 0.29) is 24.3 Å². The molecule has 6 heteroatoms. The number of carbonyl (C=O) groups excluding carboxylic acids is 1. The lowest BCUT2D eigenvalue weighted by Crippen LogP contribution is -2.32. The second kappa shape index (κ2) is 5.72. The van der Waals surface area contributed by atoms with E-state index in [1.165, 1.54) is 12.1 Å². The normalized spacial score (nSPS) is 20.7. The number of pyridine rings is 1. The van der Waals surface area contributed by atoms with Crippen LogP contribution in [0.3, 0.4) is 0 Å². The lowest BCUT2D eigenvalue weighted by molar-refractivity contribution is 0.0715. The number of halogens is 1. The number of aromatic nitrogens is 2. The van der Waals surface area contributed by atoms with E-state index in [1.807, 2.05) is 6.07 Å². The van der Waals surface area contributed by atoms with Crippen LogP contribution in [0.5, 0.6) is 0 Å². The first-order valence-electron chi connectivity index (χ1n) is 7.78. The molecule has 0 aliphatic carbocycles. The topological polar surface area (TPSA) is 57.8 Å². The van der Waals surface area contributed by atoms with Gasteiger partial charge in [-0.05, 0) is 36.2 Å². The predicted octanol–water partition coefficient (Wildman–Crippen LogP) is 2.42. The van der Waals surface area contributed by atoms with Crippen molar-refractivity contribution in [2.24, 2.45) is 0 Å². The van der Waals surface area contributed by atoms with Crippen molar-refractivity contribution in [3.8, 4) is 0 Å². The van der Waals surface area contributed by atoms with Gasteiger partial charge in [0, 0.05) is 12.7 Å². The summed E-state index contributed by atoms with van der Waals surface area (Å²) < 4.78 is 15.3. The summed E-state index contributed by atoms with van der Waals surface area (Å²) in [5.74, 6) is -0.530. The molecule has 2 atom stereocenters. The van der Waals surface area contributed by atoms with Crippen LogP contribution in [0.4, 0.5) is 4.39 Å². The Bertz CT molecular complexity index is 908. The molecule has 1 N–H and O–H groups in total. The van der Waals surface area contributed by atoms with Crippen LogP contribution < -0.4 is 0 Å². The average Bonchev–Trinajstić information content (AvgIpc) is 3.19. The number of benzene rings is 1. The molecule has 1 saturated heterocycles. The number of rotatable bonds is 2. The van der Waals surface area contributed by atoms with Crippen molar-refractivity contribution in [1.82, 2.24) is 14.3 Å². The fraction of sp³-hybridized carbons (Fsp3) is 0.222. The molecule has 2 unspecified atom stereocenters. The van der Waals surface area contributed by atoms with E-state index in [2.05, 4.69) is 4.98 Å². The number of hydrogen-bond acceptors (Lipinski definition) is 3. The Morgan fingerprint density at radius 2 is 2.17 bits per heavy atom. The highest BCUT2D eigenvalue weighted by molar-refractivity contribution is 5.94. The second-order valence-electron chi connectivity index (χ2n) is 6.06. The molecule has 1 aliphatic heterocycles. The first-order valence-corrected chi connectivity index (χ1v) is 7.78. The minimum Gasteiger partial charge on any atom is -0.391 e. The first-order chi connectivity index (χ1) is 11.6. The molecule has 1 aliphatic rings. The molecule has 0 bridgehead atoms. The van der Waals surface area contributed by atoms with Crippen molar-refractivity contribution in [2.75, 3.05) is 6.54 Å². The van der Waals surface area contributed by atoms with Gasteiger partial charge in [0.2, 0.25) is 0 Å². The van der Waals surface area contributed by atoms with Gasteiger partial charge in [0.15, 0.2) is 0 Å². The van der Waals surface area contributed by atoms with Gasteiger partial charge in [0.05, 0.1) is 35.8 Å². The Labute approximate surface area is 138 Å². The quantitative estimate of drug-likeness (QED) is 0.787. The molecule has 0 radical (unpaired) electrons. The monoisotopic (exact) mass is 325 g/mol. The summed E-state index contributed by atoms with van der Waals surface area (Å²) in [5.41, 5.74) is 2.11. The zero-order chi connectivity index (χ0) is 16.7. The molecule has 3 heterocycles. The van der Waals surface area contributed by atoms with Gasteiger partial charge < -0.3 is 14.4 Å². The zero-order valence-corrected chi connectivity index (χ0v) is 12.8. The molecule has 1 aromatic carbocycles. The van der Waals surface area contributed by atoms with E-state index in [0.717, 1.165) is 5.52 Å². The number of carbonyl (C=O) groups is 1. The van der Waals surface area contributed by atoms with Crippen molar-refractivity contribution in [1.29, 1.82) is 0 Å². The van der Waals surface area contributed by atoms with Crippen LogP contribution in [0.25, 0.3) is 5.52 Å². The number of aliphatic hydroxyl groups excluding tert-OH is 1. The van der Waals surface area contributed by atoms with Crippen molar-refractivity contribution >= 4 is 11.4 Å². The highest BCUT2D eigenvalue weighted by Crippen LogP contribution is 2.33. The molecule has 24 heavy (non-hydrogen) atoms. The van der Waals surface area contributed by atoms with Gasteiger partial charge in [-0.3, -0.25) is 4.79 Å². The van der Waals surface area contributed by atoms with Crippen LogP contribution in [-0.2, 0) is 0 Å². The van der Waals surface area contributed by atoms with Crippen LogP contribution in [0.2, 0.25) is 0 Å². The second-order valence-corrected chi connectivity index (χ2v) is 6.06. The maximum absolute atomic E-state index is 13.5. The first kappa shape index (κ1) is 14.8. The van der Waals surface area contributed by atoms with E-state index < -0.39 is 6.10 Å². The number of aliphatic hydroxyl groups is 1. The van der Waals surface area contributed by atoms with Crippen LogP contribution in [0, 0.1) is 5.82 Å². The number of hydrogen-bond donors (Lipinski definition) is 1. The van der Waals surface area contributed by atoms with Crippen LogP contribution in [-0.4, -0.2) is 37.9 Å². The zero-order valence-electron chi connectivity index (χ0n) is 12.8. The summed E-state index contributed by atoms with van der Waals surface area (Å²) in [6.07, 6.45) is 4.86. The van der Waals surface area contributed by atoms with Gasteiger partial charge in [-0.2, -0.15) is 0 Å². The summed E-state index contributed by atoms with van der Waals surface area (Å²) in [4.78, 5) is 18.6. The van der Waals surface area contributed by atoms with Crippen LogP contribution in [0.15, 0.2) is 55.1 Å². The molecular weight excluding hydrogens is 309 g/mol. The highest BCUT2D eigenvalue weighted by Gasteiger charge is 2.36. The van der Waals surface area contributed by atoms with E-state index in [9.17, 15) is 14.3 Å². The van der Waals surface area contributed by atoms with Gasteiger partial charge >= 0.3 is 0 Å². The Kier molecular flexibility index (Phi) is 3.54. The summed E-state index contributed by atoms with van der Waals surface area (Å²) in [6.45, 7) is 0.238. The maximum atomic E-state index is 13.5. The standard InChI is InChI=1S/C18H16FN3O2/c19-14-3-1-2-12(6-14)17-7-16(23)10-22(17)18(24)13-4-5-15-8-20-11-21(15)9-13/h1-6,8-9,11,16-17,23H,7,10H2. The number of β-amino-alcohol motifs (C(OH)–C–C–N with tert-alkyl or cyclic N) is 1. The molecule has 4 rings (SSSR count). The van der Waals surface area contributed by atoms with E-state index in [0.29, 0.717) is 17.5 Å². The van der Waals surface area contributed by atoms with E-state index in [4.69, 9.17) is 0 Å². The Balaban J connectivity index is 1.68. The minimum atomic E-state index is -0.612. The molecule has 122 valence electrons. The Morgan fingerprint density at radius 3 is 3.00 bits per heavy atom. The summed E-state index contributed by atoms with van der Waals surface area (Å²) in [5, 5.41) is 10.0. The molecule has 0 spiro atoms. The Morgan fingerprint density at radius 1 is 1.29 bits per heavy atom. The summed E-state index contributed by atoms with van der Waals surface area (Å²) in [7, 11) is 0. The molecule has 1 amide bonds. The number of imidazole rings is 1. The highest BCUT2D eigenvalue weighted by atomic mass is 19.1. The van der Waals surface area contributed by atoms with Gasteiger partial charge in [-0.25, -0.2) is 9.37 Å². The molecule has 5 nitrogen and oxygen atoms in total.